The summed E-state index contributed by atoms with van der Waals surface area (Å²) in [6.45, 7) is 0. The lowest BCUT2D eigenvalue weighted by Crippen LogP contribution is -2.34. The van der Waals surface area contributed by atoms with Crippen molar-refractivity contribution in [1.29, 1.82) is 0 Å². The molecule has 0 aliphatic carbocycles. The summed E-state index contributed by atoms with van der Waals surface area (Å²) in [6.07, 6.45) is 0. The van der Waals surface area contributed by atoms with Crippen LogP contribution in [-0.4, -0.2) is 11.0 Å². The summed E-state index contributed by atoms with van der Waals surface area (Å²) in [7, 11) is 0. The summed E-state index contributed by atoms with van der Waals surface area (Å²) in [4.78, 5) is 12.1. The van der Waals surface area contributed by atoms with Crippen molar-refractivity contribution in [3.05, 3.63) is 62.1 Å². The van der Waals surface area contributed by atoms with E-state index < -0.39 is 5.91 Å². The molecule has 0 unspecified atom stereocenters. The number of carbonyl (C=O) groups excluding carboxylic acids is 1. The number of anilines is 1. The van der Waals surface area contributed by atoms with Crippen LogP contribution in [0.3, 0.4) is 0 Å². The average Bonchev–Trinajstić information content (AvgIpc) is 2.45. The predicted molar refractivity (Wildman–Crippen MR) is 96.6 cm³/mol. The van der Waals surface area contributed by atoms with E-state index in [1.165, 1.54) is 12.1 Å². The van der Waals surface area contributed by atoms with Gasteiger partial charge < -0.3 is 5.32 Å². The zero-order chi connectivity index (χ0) is 16.3. The Balaban J connectivity index is 2.09. The van der Waals surface area contributed by atoms with E-state index in [4.69, 9.17) is 58.6 Å². The summed E-state index contributed by atoms with van der Waals surface area (Å²) in [5, 5.41) is 6.64. The molecule has 0 aliphatic heterocycles. The monoisotopic (exact) mass is 392 g/mol. The number of benzene rings is 2. The van der Waals surface area contributed by atoms with Gasteiger partial charge >= 0.3 is 0 Å². The minimum Gasteiger partial charge on any atom is -0.331 e. The highest BCUT2D eigenvalue weighted by Crippen LogP contribution is 2.32. The molecule has 0 spiro atoms. The fourth-order valence-corrected chi connectivity index (χ4v) is 2.61. The molecule has 2 aromatic carbocycles. The van der Waals surface area contributed by atoms with Crippen LogP contribution < -0.4 is 10.6 Å². The molecular formula is C14H8Cl4N2OS. The number of hydrogen-bond donors (Lipinski definition) is 2. The van der Waals surface area contributed by atoms with Crippen molar-refractivity contribution < 1.29 is 4.79 Å². The Hall–Kier alpha value is -1.04. The molecule has 0 saturated carbocycles. The van der Waals surface area contributed by atoms with Crippen molar-refractivity contribution in [2.24, 2.45) is 0 Å². The summed E-state index contributed by atoms with van der Waals surface area (Å²) < 4.78 is 0. The number of thiocarbonyl (C=S) groups is 1. The highest BCUT2D eigenvalue weighted by molar-refractivity contribution is 7.80. The molecule has 0 fully saturated rings. The molecular weight excluding hydrogens is 386 g/mol. The molecule has 114 valence electrons. The minimum absolute atomic E-state index is 0.0604. The van der Waals surface area contributed by atoms with Gasteiger partial charge in [0.25, 0.3) is 5.91 Å². The van der Waals surface area contributed by atoms with Gasteiger partial charge in [0, 0.05) is 0 Å². The second-order valence-corrected chi connectivity index (χ2v) is 6.17. The van der Waals surface area contributed by atoms with Gasteiger partial charge in [-0.15, -0.1) is 0 Å². The Morgan fingerprint density at radius 1 is 0.909 bits per heavy atom. The SMILES string of the molecule is O=C(NC(=S)Nc1cc(Cl)c(Cl)cc1Cl)c1ccccc1Cl. The highest BCUT2D eigenvalue weighted by atomic mass is 35.5. The number of carbonyl (C=O) groups is 1. The van der Waals surface area contributed by atoms with E-state index in [-0.39, 0.29) is 5.11 Å². The Kier molecular flexibility index (Phi) is 5.89. The zero-order valence-corrected chi connectivity index (χ0v) is 14.6. The lowest BCUT2D eigenvalue weighted by atomic mass is 10.2. The lowest BCUT2D eigenvalue weighted by molar-refractivity contribution is 0.0978. The molecule has 8 heteroatoms. The molecule has 0 aromatic heterocycles. The third kappa shape index (κ3) is 4.24. The molecule has 0 saturated heterocycles. The number of rotatable bonds is 2. The summed E-state index contributed by atoms with van der Waals surface area (Å²) in [5.41, 5.74) is 0.745. The van der Waals surface area contributed by atoms with Crippen LogP contribution in [0.1, 0.15) is 10.4 Å². The van der Waals surface area contributed by atoms with Crippen LogP contribution in [0.15, 0.2) is 36.4 Å². The quantitative estimate of drug-likeness (QED) is 0.528. The first-order valence-corrected chi connectivity index (χ1v) is 7.82. The first kappa shape index (κ1) is 17.3. The van der Waals surface area contributed by atoms with E-state index in [2.05, 4.69) is 10.6 Å². The van der Waals surface area contributed by atoms with Gasteiger partial charge in [-0.2, -0.15) is 0 Å². The van der Waals surface area contributed by atoms with Crippen LogP contribution >= 0.6 is 58.6 Å². The predicted octanol–water partition coefficient (Wildman–Crippen LogP) is 5.43. The molecule has 0 heterocycles. The Morgan fingerprint density at radius 3 is 2.23 bits per heavy atom. The van der Waals surface area contributed by atoms with Gasteiger partial charge in [0.2, 0.25) is 0 Å². The molecule has 0 bridgehead atoms. The van der Waals surface area contributed by atoms with Crippen LogP contribution in [0.2, 0.25) is 20.1 Å². The van der Waals surface area contributed by atoms with Crippen LogP contribution in [0.5, 0.6) is 0 Å². The highest BCUT2D eigenvalue weighted by Gasteiger charge is 2.13. The lowest BCUT2D eigenvalue weighted by Gasteiger charge is -2.12. The number of nitrogens with one attached hydrogen (secondary N) is 2. The molecule has 0 radical (unpaired) electrons. The number of hydrogen-bond acceptors (Lipinski definition) is 2. The molecule has 2 aromatic rings. The van der Waals surface area contributed by atoms with E-state index >= 15 is 0 Å². The van der Waals surface area contributed by atoms with E-state index in [0.29, 0.717) is 31.3 Å². The number of amides is 1. The maximum absolute atomic E-state index is 12.1. The van der Waals surface area contributed by atoms with Crippen molar-refractivity contribution in [2.75, 3.05) is 5.32 Å². The average molecular weight is 394 g/mol. The largest absolute Gasteiger partial charge is 0.331 e. The second-order valence-electron chi connectivity index (χ2n) is 4.13. The Morgan fingerprint density at radius 2 is 1.55 bits per heavy atom. The first-order valence-electron chi connectivity index (χ1n) is 5.90. The van der Waals surface area contributed by atoms with Gasteiger partial charge in [0.1, 0.15) is 0 Å². The van der Waals surface area contributed by atoms with Crippen LogP contribution in [0, 0.1) is 0 Å². The van der Waals surface area contributed by atoms with Gasteiger partial charge in [0.15, 0.2) is 5.11 Å². The zero-order valence-electron chi connectivity index (χ0n) is 10.8. The summed E-state index contributed by atoms with van der Waals surface area (Å²) in [6, 6.07) is 9.62. The maximum Gasteiger partial charge on any atom is 0.258 e. The van der Waals surface area contributed by atoms with Crippen molar-refractivity contribution in [1.82, 2.24) is 5.32 Å². The fraction of sp³-hybridized carbons (Fsp3) is 0. The molecule has 1 amide bonds. The second kappa shape index (κ2) is 7.49. The Labute approximate surface area is 152 Å². The van der Waals surface area contributed by atoms with E-state index in [1.54, 1.807) is 24.3 Å². The third-order valence-corrected chi connectivity index (χ3v) is 4.17. The van der Waals surface area contributed by atoms with E-state index in [9.17, 15) is 4.79 Å². The molecule has 0 aliphatic rings. The molecule has 3 nitrogen and oxygen atoms in total. The van der Waals surface area contributed by atoms with Gasteiger partial charge in [0.05, 0.1) is 31.3 Å². The van der Waals surface area contributed by atoms with Crippen LogP contribution in [0.4, 0.5) is 5.69 Å². The van der Waals surface area contributed by atoms with Crippen molar-refractivity contribution in [3.63, 3.8) is 0 Å². The van der Waals surface area contributed by atoms with Gasteiger partial charge in [-0.1, -0.05) is 58.5 Å². The summed E-state index contributed by atoms with van der Waals surface area (Å²) >= 11 is 28.8. The topological polar surface area (TPSA) is 41.1 Å². The normalized spacial score (nSPS) is 10.2. The van der Waals surface area contributed by atoms with Crippen molar-refractivity contribution in [3.8, 4) is 0 Å². The van der Waals surface area contributed by atoms with E-state index in [0.717, 1.165) is 0 Å². The fourth-order valence-electron chi connectivity index (χ4n) is 1.59. The number of halogens is 4. The third-order valence-electron chi connectivity index (χ3n) is 2.60. The van der Waals surface area contributed by atoms with Gasteiger partial charge in [-0.25, -0.2) is 0 Å². The van der Waals surface area contributed by atoms with Gasteiger partial charge in [-0.3, -0.25) is 10.1 Å². The molecule has 2 N–H and O–H groups in total. The maximum atomic E-state index is 12.1. The summed E-state index contributed by atoms with van der Waals surface area (Å²) in [5.74, 6) is -0.431. The van der Waals surface area contributed by atoms with Crippen LogP contribution in [-0.2, 0) is 0 Å². The van der Waals surface area contributed by atoms with Crippen molar-refractivity contribution >= 4 is 75.3 Å². The molecule has 2 rings (SSSR count). The Bertz CT molecular complexity index is 752. The van der Waals surface area contributed by atoms with Crippen LogP contribution in [0.25, 0.3) is 0 Å². The first-order chi connectivity index (χ1) is 10.4. The van der Waals surface area contributed by atoms with Gasteiger partial charge in [-0.05, 0) is 36.5 Å². The van der Waals surface area contributed by atoms with E-state index in [1.807, 2.05) is 0 Å². The standard InChI is InChI=1S/C14H8Cl4N2OS/c15-8-4-2-1-3-7(8)13(21)20-14(22)19-12-6-10(17)9(16)5-11(12)18/h1-6H,(H2,19,20,21,22). The van der Waals surface area contributed by atoms with Crippen molar-refractivity contribution in [2.45, 2.75) is 0 Å². The minimum atomic E-state index is -0.431. The molecule has 0 atom stereocenters. The smallest absolute Gasteiger partial charge is 0.258 e. The molecule has 22 heavy (non-hydrogen) atoms.